The number of hydrogen-bond donors (Lipinski definition) is 1. The molecule has 1 aliphatic heterocycles. The van der Waals surface area contributed by atoms with E-state index in [1.54, 1.807) is 7.05 Å². The number of aromatic nitrogens is 1. The smallest absolute Gasteiger partial charge is 0.408 e. The summed E-state index contributed by atoms with van der Waals surface area (Å²) in [4.78, 5) is 13.8. The van der Waals surface area contributed by atoms with Crippen molar-refractivity contribution >= 4 is 21.1 Å². The molecule has 3 rings (SSSR count). The summed E-state index contributed by atoms with van der Waals surface area (Å²) in [6.45, 7) is 1.15. The number of benzene rings is 1. The van der Waals surface area contributed by atoms with Crippen LogP contribution in [-0.4, -0.2) is 44.0 Å². The van der Waals surface area contributed by atoms with Crippen molar-refractivity contribution in [3.63, 3.8) is 0 Å². The fourth-order valence-electron chi connectivity index (χ4n) is 2.75. The van der Waals surface area contributed by atoms with Gasteiger partial charge in [0.25, 0.3) is 0 Å². The molecule has 7 nitrogen and oxygen atoms in total. The van der Waals surface area contributed by atoms with Crippen LogP contribution in [0.1, 0.15) is 25.7 Å². The van der Waals surface area contributed by atoms with Gasteiger partial charge in [-0.15, -0.1) is 0 Å². The molecule has 0 unspecified atom stereocenters. The molecule has 0 aliphatic carbocycles. The van der Waals surface area contributed by atoms with E-state index in [2.05, 4.69) is 4.98 Å². The summed E-state index contributed by atoms with van der Waals surface area (Å²) >= 11 is 0. The van der Waals surface area contributed by atoms with Gasteiger partial charge in [-0.2, -0.15) is 0 Å². The van der Waals surface area contributed by atoms with Crippen molar-refractivity contribution in [2.45, 2.75) is 36.7 Å². The third-order valence-electron chi connectivity index (χ3n) is 4.14. The number of H-pyrrole nitrogens is 1. The molecule has 1 fully saturated rings. The van der Waals surface area contributed by atoms with Gasteiger partial charge >= 0.3 is 5.76 Å². The summed E-state index contributed by atoms with van der Waals surface area (Å²) in [7, 11) is -2.07. The van der Waals surface area contributed by atoms with E-state index in [4.69, 9.17) is 9.15 Å². The second-order valence-corrected chi connectivity index (χ2v) is 7.82. The van der Waals surface area contributed by atoms with E-state index in [1.807, 2.05) is 0 Å². The van der Waals surface area contributed by atoms with Crippen LogP contribution in [-0.2, 0) is 14.8 Å². The van der Waals surface area contributed by atoms with Crippen LogP contribution in [0.2, 0.25) is 0 Å². The van der Waals surface area contributed by atoms with E-state index in [-0.39, 0.29) is 16.6 Å². The number of sulfonamides is 1. The number of fused-ring (bicyclic) bond motifs is 1. The molecule has 2 aromatic rings. The van der Waals surface area contributed by atoms with Crippen molar-refractivity contribution in [3.05, 3.63) is 28.7 Å². The zero-order chi connectivity index (χ0) is 16.4. The van der Waals surface area contributed by atoms with E-state index < -0.39 is 15.8 Å². The Morgan fingerprint density at radius 3 is 2.91 bits per heavy atom. The fraction of sp³-hybridized carbons (Fsp3) is 0.533. The molecule has 1 aromatic heterocycles. The molecule has 0 spiro atoms. The van der Waals surface area contributed by atoms with Crippen LogP contribution in [0.25, 0.3) is 11.1 Å². The third-order valence-corrected chi connectivity index (χ3v) is 5.99. The Hall–Kier alpha value is -1.64. The van der Waals surface area contributed by atoms with Crippen molar-refractivity contribution in [2.24, 2.45) is 0 Å². The van der Waals surface area contributed by atoms with Gasteiger partial charge in [0.05, 0.1) is 16.5 Å². The van der Waals surface area contributed by atoms with Gasteiger partial charge in [-0.05, 0) is 37.8 Å². The molecule has 1 saturated heterocycles. The summed E-state index contributed by atoms with van der Waals surface area (Å²) in [6.07, 6.45) is 3.99. The monoisotopic (exact) mass is 340 g/mol. The molecule has 0 bridgehead atoms. The Bertz CT molecular complexity index is 833. The first-order valence-corrected chi connectivity index (χ1v) is 9.11. The van der Waals surface area contributed by atoms with Crippen LogP contribution in [0.5, 0.6) is 0 Å². The first kappa shape index (κ1) is 16.2. The first-order chi connectivity index (χ1) is 11.0. The molecular formula is C15H20N2O5S. The molecule has 1 aromatic carbocycles. The Morgan fingerprint density at radius 2 is 2.17 bits per heavy atom. The number of aromatic amines is 1. The zero-order valence-electron chi connectivity index (χ0n) is 12.9. The van der Waals surface area contributed by atoms with Gasteiger partial charge in [0.1, 0.15) is 0 Å². The average Bonchev–Trinajstić information content (AvgIpc) is 2.92. The minimum absolute atomic E-state index is 0.111. The lowest BCUT2D eigenvalue weighted by Crippen LogP contribution is -2.31. The number of ether oxygens (including phenoxy) is 1. The molecule has 8 heteroatoms. The van der Waals surface area contributed by atoms with Gasteiger partial charge in [0.15, 0.2) is 5.58 Å². The highest BCUT2D eigenvalue weighted by molar-refractivity contribution is 7.89. The van der Waals surface area contributed by atoms with Gasteiger partial charge < -0.3 is 9.15 Å². The van der Waals surface area contributed by atoms with E-state index in [9.17, 15) is 13.2 Å². The number of hydrogen-bond acceptors (Lipinski definition) is 5. The standard InChI is InChI=1S/C15H20N2O5S/c1-17(8-7-11-4-2-3-9-21-11)23(19,20)12-5-6-13-14(10-12)22-15(18)16-13/h5-6,10-11H,2-4,7-9H2,1H3,(H,16,18)/t11-/m1/s1. The van der Waals surface area contributed by atoms with Crippen molar-refractivity contribution < 1.29 is 17.6 Å². The van der Waals surface area contributed by atoms with Crippen molar-refractivity contribution in [1.82, 2.24) is 9.29 Å². The molecule has 2 heterocycles. The largest absolute Gasteiger partial charge is 0.417 e. The van der Waals surface area contributed by atoms with E-state index in [0.717, 1.165) is 25.9 Å². The van der Waals surface area contributed by atoms with E-state index >= 15 is 0 Å². The molecule has 0 saturated carbocycles. The molecule has 126 valence electrons. The molecule has 23 heavy (non-hydrogen) atoms. The van der Waals surface area contributed by atoms with Crippen molar-refractivity contribution in [3.8, 4) is 0 Å². The topological polar surface area (TPSA) is 92.6 Å². The van der Waals surface area contributed by atoms with E-state index in [0.29, 0.717) is 18.5 Å². The van der Waals surface area contributed by atoms with Gasteiger partial charge in [0.2, 0.25) is 10.0 Å². The minimum atomic E-state index is -3.62. The number of rotatable bonds is 5. The van der Waals surface area contributed by atoms with Gasteiger partial charge in [-0.25, -0.2) is 17.5 Å². The second kappa shape index (κ2) is 6.46. The molecule has 0 amide bonds. The maximum Gasteiger partial charge on any atom is 0.417 e. The SMILES string of the molecule is CN(CC[C@H]1CCCCO1)S(=O)(=O)c1ccc2[nH]c(=O)oc2c1. The summed E-state index contributed by atoms with van der Waals surface area (Å²) in [5.41, 5.74) is 0.715. The lowest BCUT2D eigenvalue weighted by Gasteiger charge is -2.25. The van der Waals surface area contributed by atoms with Crippen LogP contribution in [0.4, 0.5) is 0 Å². The van der Waals surface area contributed by atoms with Crippen LogP contribution in [0, 0.1) is 0 Å². The van der Waals surface area contributed by atoms with Gasteiger partial charge in [-0.3, -0.25) is 4.98 Å². The number of oxazole rings is 1. The highest BCUT2D eigenvalue weighted by Crippen LogP contribution is 2.21. The quantitative estimate of drug-likeness (QED) is 0.894. The maximum atomic E-state index is 12.6. The molecule has 1 atom stereocenters. The highest BCUT2D eigenvalue weighted by Gasteiger charge is 2.23. The first-order valence-electron chi connectivity index (χ1n) is 7.67. The zero-order valence-corrected chi connectivity index (χ0v) is 13.8. The average molecular weight is 340 g/mol. The van der Waals surface area contributed by atoms with Crippen LogP contribution in [0.3, 0.4) is 0 Å². The second-order valence-electron chi connectivity index (χ2n) is 5.78. The fourth-order valence-corrected chi connectivity index (χ4v) is 3.95. The summed E-state index contributed by atoms with van der Waals surface area (Å²) in [5.74, 6) is -0.600. The van der Waals surface area contributed by atoms with Crippen molar-refractivity contribution in [1.29, 1.82) is 0 Å². The molecule has 1 N–H and O–H groups in total. The van der Waals surface area contributed by atoms with E-state index in [1.165, 1.54) is 22.5 Å². The normalized spacial score (nSPS) is 19.5. The van der Waals surface area contributed by atoms with Gasteiger partial charge in [0, 0.05) is 26.3 Å². The maximum absolute atomic E-state index is 12.6. The predicted molar refractivity (Wildman–Crippen MR) is 84.9 cm³/mol. The van der Waals surface area contributed by atoms with Crippen LogP contribution >= 0.6 is 0 Å². The predicted octanol–water partition coefficient (Wildman–Crippen LogP) is 1.70. The molecule has 1 aliphatic rings. The number of nitrogens with one attached hydrogen (secondary N) is 1. The molecule has 0 radical (unpaired) electrons. The Balaban J connectivity index is 1.74. The Labute approximate surface area is 134 Å². The highest BCUT2D eigenvalue weighted by atomic mass is 32.2. The summed E-state index contributed by atoms with van der Waals surface area (Å²) in [5, 5.41) is 0. The van der Waals surface area contributed by atoms with Crippen LogP contribution in [0.15, 0.2) is 32.3 Å². The third kappa shape index (κ3) is 3.49. The Morgan fingerprint density at radius 1 is 1.35 bits per heavy atom. The van der Waals surface area contributed by atoms with Crippen LogP contribution < -0.4 is 5.76 Å². The molecular weight excluding hydrogens is 320 g/mol. The lowest BCUT2D eigenvalue weighted by atomic mass is 10.1. The van der Waals surface area contributed by atoms with Crippen molar-refractivity contribution in [2.75, 3.05) is 20.2 Å². The Kier molecular flexibility index (Phi) is 4.56. The summed E-state index contributed by atoms with van der Waals surface area (Å²) in [6, 6.07) is 4.37. The summed E-state index contributed by atoms with van der Waals surface area (Å²) < 4.78 is 37.1. The number of nitrogens with zero attached hydrogens (tertiary/aromatic N) is 1. The lowest BCUT2D eigenvalue weighted by molar-refractivity contribution is 0.00950. The van der Waals surface area contributed by atoms with Gasteiger partial charge in [-0.1, -0.05) is 0 Å². The minimum Gasteiger partial charge on any atom is -0.408 e.